The fraction of sp³-hybridized carbons (Fsp3) is 0.323. The lowest BCUT2D eigenvalue weighted by molar-refractivity contribution is -0.137. The summed E-state index contributed by atoms with van der Waals surface area (Å²) < 4.78 is 72.0. The summed E-state index contributed by atoms with van der Waals surface area (Å²) in [4.78, 5) is 30.7. The Bertz CT molecular complexity index is 1450. The molecular formula is C31H29F5N4O3. The van der Waals surface area contributed by atoms with Gasteiger partial charge in [0, 0.05) is 38.2 Å². The Morgan fingerprint density at radius 3 is 2.09 bits per heavy atom. The topological polar surface area (TPSA) is 65.5 Å². The van der Waals surface area contributed by atoms with Crippen molar-refractivity contribution in [3.63, 3.8) is 0 Å². The van der Waals surface area contributed by atoms with Gasteiger partial charge in [-0.3, -0.25) is 14.5 Å². The predicted molar refractivity (Wildman–Crippen MR) is 148 cm³/mol. The van der Waals surface area contributed by atoms with Crippen LogP contribution in [0.1, 0.15) is 39.5 Å². The number of carbonyl (C=O) groups excluding carboxylic acids is 2. The molecule has 0 saturated carbocycles. The highest BCUT2D eigenvalue weighted by Crippen LogP contribution is 2.33. The Hall–Kier alpha value is -4.16. The van der Waals surface area contributed by atoms with Crippen LogP contribution in [0.2, 0.25) is 0 Å². The minimum atomic E-state index is -4.56. The molecule has 226 valence electrons. The van der Waals surface area contributed by atoms with Crippen molar-refractivity contribution >= 4 is 17.5 Å². The second kappa shape index (κ2) is 13.0. The van der Waals surface area contributed by atoms with Crippen LogP contribution >= 0.6 is 0 Å². The van der Waals surface area contributed by atoms with E-state index in [1.54, 1.807) is 24.3 Å². The van der Waals surface area contributed by atoms with Crippen LogP contribution in [0.4, 0.5) is 22.0 Å². The van der Waals surface area contributed by atoms with Crippen LogP contribution in [0, 0.1) is 11.6 Å². The standard InChI is InChI=1S/C31H29F5N4O3/c32-25-9-3-21(4-10-25)27-19-28(22-5-11-26(33)12-6-22)40(37-27)29(41)20-39(14-13-38-15-17-43-18-16-38)30(42)23-1-7-24(8-2-23)31(34,35)36/h1-12,28H,13-20H2/t28-/m1/s1. The van der Waals surface area contributed by atoms with E-state index in [1.807, 2.05) is 0 Å². The summed E-state index contributed by atoms with van der Waals surface area (Å²) in [7, 11) is 0. The summed E-state index contributed by atoms with van der Waals surface area (Å²) in [5, 5.41) is 5.78. The van der Waals surface area contributed by atoms with Crippen molar-refractivity contribution < 1.29 is 36.3 Å². The van der Waals surface area contributed by atoms with Crippen molar-refractivity contribution in [1.29, 1.82) is 0 Å². The maximum atomic E-state index is 13.8. The van der Waals surface area contributed by atoms with Gasteiger partial charge in [-0.25, -0.2) is 13.8 Å². The van der Waals surface area contributed by atoms with Gasteiger partial charge < -0.3 is 9.64 Å². The van der Waals surface area contributed by atoms with Crippen LogP contribution in [0.15, 0.2) is 77.9 Å². The van der Waals surface area contributed by atoms with Gasteiger partial charge >= 0.3 is 6.18 Å². The Balaban J connectivity index is 1.41. The van der Waals surface area contributed by atoms with E-state index in [2.05, 4.69) is 10.0 Å². The van der Waals surface area contributed by atoms with E-state index in [1.165, 1.54) is 34.2 Å². The molecular weight excluding hydrogens is 571 g/mol. The minimum Gasteiger partial charge on any atom is -0.379 e. The molecule has 3 aromatic rings. The van der Waals surface area contributed by atoms with Crippen LogP contribution in [0.25, 0.3) is 0 Å². The van der Waals surface area contributed by atoms with Crippen LogP contribution in [-0.2, 0) is 15.7 Å². The lowest BCUT2D eigenvalue weighted by Gasteiger charge is -2.31. The number of morpholine rings is 1. The Labute approximate surface area is 245 Å². The second-order valence-electron chi connectivity index (χ2n) is 10.3. The van der Waals surface area contributed by atoms with Gasteiger partial charge in [-0.1, -0.05) is 24.3 Å². The number of hydrazone groups is 1. The zero-order valence-corrected chi connectivity index (χ0v) is 23.1. The van der Waals surface area contributed by atoms with E-state index in [-0.39, 0.29) is 18.5 Å². The fourth-order valence-corrected chi connectivity index (χ4v) is 5.06. The predicted octanol–water partition coefficient (Wildman–Crippen LogP) is 5.14. The van der Waals surface area contributed by atoms with Crippen molar-refractivity contribution in [2.75, 3.05) is 45.9 Å². The summed E-state index contributed by atoms with van der Waals surface area (Å²) in [5.41, 5.74) is 0.853. The van der Waals surface area contributed by atoms with Crippen molar-refractivity contribution in [3.05, 3.63) is 107 Å². The number of nitrogens with zero attached hydrogens (tertiary/aromatic N) is 4. The zero-order chi connectivity index (χ0) is 30.6. The Morgan fingerprint density at radius 2 is 1.49 bits per heavy atom. The van der Waals surface area contributed by atoms with Gasteiger partial charge in [0.05, 0.1) is 30.5 Å². The van der Waals surface area contributed by atoms with Crippen LogP contribution in [0.3, 0.4) is 0 Å². The molecule has 7 nitrogen and oxygen atoms in total. The monoisotopic (exact) mass is 600 g/mol. The molecule has 1 saturated heterocycles. The molecule has 0 aromatic heterocycles. The van der Waals surface area contributed by atoms with Crippen molar-refractivity contribution in [1.82, 2.24) is 14.8 Å². The number of benzene rings is 3. The largest absolute Gasteiger partial charge is 0.416 e. The van der Waals surface area contributed by atoms with Gasteiger partial charge in [-0.05, 0) is 59.7 Å². The average molecular weight is 601 g/mol. The molecule has 5 rings (SSSR count). The van der Waals surface area contributed by atoms with E-state index >= 15 is 0 Å². The van der Waals surface area contributed by atoms with Gasteiger partial charge in [0.25, 0.3) is 11.8 Å². The molecule has 1 atom stereocenters. The second-order valence-corrected chi connectivity index (χ2v) is 10.3. The molecule has 2 heterocycles. The third-order valence-corrected chi connectivity index (χ3v) is 7.46. The number of rotatable bonds is 8. The third kappa shape index (κ3) is 7.44. The van der Waals surface area contributed by atoms with Crippen molar-refractivity contribution in [2.24, 2.45) is 5.10 Å². The van der Waals surface area contributed by atoms with E-state index in [9.17, 15) is 31.5 Å². The molecule has 1 fully saturated rings. The first-order valence-corrected chi connectivity index (χ1v) is 13.8. The number of amides is 2. The molecule has 0 radical (unpaired) electrons. The highest BCUT2D eigenvalue weighted by atomic mass is 19.4. The number of halogens is 5. The van der Waals surface area contributed by atoms with Gasteiger partial charge in [-0.15, -0.1) is 0 Å². The summed E-state index contributed by atoms with van der Waals surface area (Å²) in [6.07, 6.45) is -4.29. The minimum absolute atomic E-state index is 0.00906. The van der Waals surface area contributed by atoms with E-state index in [0.717, 1.165) is 24.3 Å². The molecule has 2 amide bonds. The number of hydrogen-bond donors (Lipinski definition) is 0. The number of ether oxygens (including phenoxy) is 1. The molecule has 2 aliphatic rings. The van der Waals surface area contributed by atoms with Crippen molar-refractivity contribution in [2.45, 2.75) is 18.6 Å². The van der Waals surface area contributed by atoms with E-state index < -0.39 is 47.8 Å². The zero-order valence-electron chi connectivity index (χ0n) is 23.1. The maximum absolute atomic E-state index is 13.8. The molecule has 0 N–H and O–H groups in total. The lowest BCUT2D eigenvalue weighted by Crippen LogP contribution is -2.46. The fourth-order valence-electron chi connectivity index (χ4n) is 5.06. The van der Waals surface area contributed by atoms with E-state index in [4.69, 9.17) is 4.74 Å². The quantitative estimate of drug-likeness (QED) is 0.336. The SMILES string of the molecule is O=C(c1ccc(C(F)(F)F)cc1)N(CCN1CCOCC1)CC(=O)N1N=C(c2ccc(F)cc2)C[C@@H]1c1ccc(F)cc1. The molecule has 2 aliphatic heterocycles. The van der Waals surface area contributed by atoms with Gasteiger partial charge in [0.2, 0.25) is 0 Å². The summed E-state index contributed by atoms with van der Waals surface area (Å²) in [6, 6.07) is 14.6. The number of carbonyl (C=O) groups is 2. The first-order chi connectivity index (χ1) is 20.6. The normalized spacial score (nSPS) is 17.6. The first-order valence-electron chi connectivity index (χ1n) is 13.8. The Morgan fingerprint density at radius 1 is 0.884 bits per heavy atom. The average Bonchev–Trinajstić information content (AvgIpc) is 3.45. The van der Waals surface area contributed by atoms with Crippen LogP contribution in [-0.4, -0.2) is 78.3 Å². The molecule has 0 aliphatic carbocycles. The number of alkyl halides is 3. The molecule has 0 bridgehead atoms. The summed E-state index contributed by atoms with van der Waals surface area (Å²) >= 11 is 0. The number of hydrogen-bond acceptors (Lipinski definition) is 5. The van der Waals surface area contributed by atoms with Gasteiger partial charge in [0.1, 0.15) is 18.2 Å². The smallest absolute Gasteiger partial charge is 0.379 e. The molecule has 43 heavy (non-hydrogen) atoms. The summed E-state index contributed by atoms with van der Waals surface area (Å²) in [6.45, 7) is 2.49. The lowest BCUT2D eigenvalue weighted by atomic mass is 9.98. The Kier molecular flexibility index (Phi) is 9.16. The molecule has 12 heteroatoms. The van der Waals surface area contributed by atoms with Crippen molar-refractivity contribution in [3.8, 4) is 0 Å². The highest BCUT2D eigenvalue weighted by molar-refractivity contribution is 6.03. The maximum Gasteiger partial charge on any atom is 0.416 e. The summed E-state index contributed by atoms with van der Waals surface area (Å²) in [5.74, 6) is -2.01. The van der Waals surface area contributed by atoms with Gasteiger partial charge in [0.15, 0.2) is 0 Å². The van der Waals surface area contributed by atoms with Gasteiger partial charge in [-0.2, -0.15) is 18.3 Å². The van der Waals surface area contributed by atoms with Crippen LogP contribution in [0.5, 0.6) is 0 Å². The molecule has 0 unspecified atom stereocenters. The molecule has 0 spiro atoms. The highest BCUT2D eigenvalue weighted by Gasteiger charge is 2.35. The van der Waals surface area contributed by atoms with E-state index in [0.29, 0.717) is 49.7 Å². The first kappa shape index (κ1) is 30.3. The molecule has 3 aromatic carbocycles. The van der Waals surface area contributed by atoms with Crippen LogP contribution < -0.4 is 0 Å². The third-order valence-electron chi connectivity index (χ3n) is 7.46.